The first kappa shape index (κ1) is 19.2. The van der Waals surface area contributed by atoms with E-state index in [0.29, 0.717) is 32.1 Å². The Labute approximate surface area is 159 Å². The topological polar surface area (TPSA) is 115 Å². The molecule has 0 saturated heterocycles. The average molecular weight is 378 g/mol. The van der Waals surface area contributed by atoms with Crippen LogP contribution in [0.3, 0.4) is 0 Å². The molecule has 4 N–H and O–H groups in total. The second-order valence-electron chi connectivity index (χ2n) is 9.45. The summed E-state index contributed by atoms with van der Waals surface area (Å²) in [5.74, 6) is -0.507. The van der Waals surface area contributed by atoms with Gasteiger partial charge in [-0.15, -0.1) is 0 Å². The fraction of sp³-hybridized carbons (Fsp3) is 0.810. The number of carbonyl (C=O) groups excluding carboxylic acids is 2. The van der Waals surface area contributed by atoms with Gasteiger partial charge in [-0.3, -0.25) is 9.59 Å². The van der Waals surface area contributed by atoms with Crippen LogP contribution in [0.5, 0.6) is 0 Å². The molecule has 4 rings (SSSR count). The first-order chi connectivity index (χ1) is 12.7. The molecule has 27 heavy (non-hydrogen) atoms. The minimum absolute atomic E-state index is 0.0500. The summed E-state index contributed by atoms with van der Waals surface area (Å²) in [6.07, 6.45) is 4.58. The molecule has 0 bridgehead atoms. The molecule has 0 aromatic heterocycles. The highest BCUT2D eigenvalue weighted by molar-refractivity contribution is 5.92. The molecule has 6 heteroatoms. The number of rotatable bonds is 3. The van der Waals surface area contributed by atoms with Gasteiger partial charge in [0.2, 0.25) is 0 Å². The quantitative estimate of drug-likeness (QED) is 0.576. The summed E-state index contributed by atoms with van der Waals surface area (Å²) in [6.45, 7) is 1.09. The summed E-state index contributed by atoms with van der Waals surface area (Å²) in [5, 5.41) is 42.1. The van der Waals surface area contributed by atoms with E-state index in [4.69, 9.17) is 0 Å². The van der Waals surface area contributed by atoms with Crippen molar-refractivity contribution < 1.29 is 30.0 Å². The average Bonchev–Trinajstić information content (AvgIpc) is 2.92. The lowest BCUT2D eigenvalue weighted by Gasteiger charge is -2.60. The Morgan fingerprint density at radius 3 is 2.63 bits per heavy atom. The molecule has 0 aromatic rings. The Bertz CT molecular complexity index is 701. The van der Waals surface area contributed by atoms with Crippen LogP contribution in [0.25, 0.3) is 0 Å². The van der Waals surface area contributed by atoms with Crippen molar-refractivity contribution in [3.63, 3.8) is 0 Å². The maximum Gasteiger partial charge on any atom is 0.190 e. The monoisotopic (exact) mass is 378 g/mol. The van der Waals surface area contributed by atoms with Crippen LogP contribution in [0.4, 0.5) is 0 Å². The number of ketones is 2. The van der Waals surface area contributed by atoms with Gasteiger partial charge in [-0.25, -0.2) is 0 Å². The van der Waals surface area contributed by atoms with E-state index in [1.807, 2.05) is 6.92 Å². The first-order valence-corrected chi connectivity index (χ1v) is 10.1. The Morgan fingerprint density at radius 2 is 1.96 bits per heavy atom. The van der Waals surface area contributed by atoms with Gasteiger partial charge < -0.3 is 20.4 Å². The van der Waals surface area contributed by atoms with Crippen molar-refractivity contribution in [2.45, 2.75) is 63.6 Å². The molecular weight excluding hydrogens is 348 g/mol. The normalized spacial score (nSPS) is 49.1. The van der Waals surface area contributed by atoms with Crippen LogP contribution in [-0.2, 0) is 9.59 Å². The molecule has 0 spiro atoms. The minimum Gasteiger partial charge on any atom is -0.395 e. The molecule has 150 valence electrons. The molecule has 3 saturated carbocycles. The Kier molecular flexibility index (Phi) is 4.43. The first-order valence-electron chi connectivity index (χ1n) is 10.1. The second kappa shape index (κ2) is 6.21. The number of hydrogen-bond acceptors (Lipinski definition) is 6. The van der Waals surface area contributed by atoms with Crippen molar-refractivity contribution in [1.82, 2.24) is 0 Å². The van der Waals surface area contributed by atoms with Gasteiger partial charge in [0.05, 0.1) is 12.7 Å². The number of Topliss-reactive ketones (excluding diaryl/α,β-unsaturated/α-hetero) is 1. The van der Waals surface area contributed by atoms with Crippen molar-refractivity contribution in [1.29, 1.82) is 0 Å². The van der Waals surface area contributed by atoms with Crippen LogP contribution in [0, 0.1) is 28.6 Å². The smallest absolute Gasteiger partial charge is 0.190 e. The summed E-state index contributed by atoms with van der Waals surface area (Å²) < 4.78 is 0. The fourth-order valence-electron chi connectivity index (χ4n) is 7.35. The van der Waals surface area contributed by atoms with Gasteiger partial charge in [-0.2, -0.15) is 0 Å². The third-order valence-corrected chi connectivity index (χ3v) is 8.67. The van der Waals surface area contributed by atoms with Crippen molar-refractivity contribution in [2.75, 3.05) is 13.2 Å². The maximum absolute atomic E-state index is 12.4. The molecule has 6 nitrogen and oxygen atoms in total. The molecule has 0 unspecified atom stereocenters. The Hall–Kier alpha value is -1.08. The van der Waals surface area contributed by atoms with Crippen molar-refractivity contribution in [2.24, 2.45) is 28.6 Å². The molecule has 0 radical (unpaired) electrons. The van der Waals surface area contributed by atoms with Gasteiger partial charge in [0, 0.05) is 17.3 Å². The van der Waals surface area contributed by atoms with Crippen LogP contribution in [0.15, 0.2) is 11.6 Å². The SMILES string of the molecule is C[C@]12C[C@H](O)[C@H]3[C@H](CCC4=CC(=O)CC[C@@]43CO)[C@H]1CC[C@]2(O)C(=O)CO. The highest BCUT2D eigenvalue weighted by Crippen LogP contribution is 2.67. The largest absolute Gasteiger partial charge is 0.395 e. The van der Waals surface area contributed by atoms with Gasteiger partial charge in [0.25, 0.3) is 0 Å². The van der Waals surface area contributed by atoms with E-state index in [9.17, 15) is 30.0 Å². The molecule has 0 amide bonds. The minimum atomic E-state index is -1.61. The number of aliphatic hydroxyl groups excluding tert-OH is 3. The van der Waals surface area contributed by atoms with E-state index >= 15 is 0 Å². The van der Waals surface area contributed by atoms with Gasteiger partial charge in [-0.1, -0.05) is 12.5 Å². The molecule has 3 fully saturated rings. The zero-order valence-electron chi connectivity index (χ0n) is 15.9. The summed E-state index contributed by atoms with van der Waals surface area (Å²) in [6, 6.07) is 0. The highest BCUT2D eigenvalue weighted by atomic mass is 16.3. The molecule has 4 aliphatic carbocycles. The van der Waals surface area contributed by atoms with Crippen molar-refractivity contribution in [3.05, 3.63) is 11.6 Å². The fourth-order valence-corrected chi connectivity index (χ4v) is 7.35. The van der Waals surface area contributed by atoms with E-state index in [0.717, 1.165) is 12.0 Å². The lowest BCUT2D eigenvalue weighted by Crippen LogP contribution is -2.63. The van der Waals surface area contributed by atoms with Crippen molar-refractivity contribution in [3.8, 4) is 0 Å². The van der Waals surface area contributed by atoms with Gasteiger partial charge in [-0.05, 0) is 62.4 Å². The van der Waals surface area contributed by atoms with Crippen LogP contribution in [0.1, 0.15) is 51.9 Å². The van der Waals surface area contributed by atoms with E-state index in [1.54, 1.807) is 6.08 Å². The summed E-state index contributed by atoms with van der Waals surface area (Å²) >= 11 is 0. The number of fused-ring (bicyclic) bond motifs is 5. The highest BCUT2D eigenvalue weighted by Gasteiger charge is 2.68. The van der Waals surface area contributed by atoms with E-state index < -0.39 is 34.9 Å². The number of carbonyl (C=O) groups is 2. The van der Waals surface area contributed by atoms with E-state index in [2.05, 4.69) is 0 Å². The van der Waals surface area contributed by atoms with Crippen LogP contribution < -0.4 is 0 Å². The maximum atomic E-state index is 12.4. The molecule has 0 aromatic carbocycles. The van der Waals surface area contributed by atoms with E-state index in [-0.39, 0.29) is 36.6 Å². The Morgan fingerprint density at radius 1 is 1.22 bits per heavy atom. The van der Waals surface area contributed by atoms with Gasteiger partial charge >= 0.3 is 0 Å². The molecule has 0 heterocycles. The lowest BCUT2D eigenvalue weighted by molar-refractivity contribution is -0.186. The third kappa shape index (κ3) is 2.33. The second-order valence-corrected chi connectivity index (χ2v) is 9.45. The Balaban J connectivity index is 1.76. The standard InChI is InChI=1S/C21H30O6/c1-19-9-16(25)18-14(15(19)5-7-21(19,27)17(26)10-22)3-2-12-8-13(24)4-6-20(12,18)11-23/h8,14-16,18,22-23,25,27H,2-7,9-11H2,1H3/t14-,15-,16+,18-,19+,20-,21+/m1/s1. The predicted molar refractivity (Wildman–Crippen MR) is 96.6 cm³/mol. The summed E-state index contributed by atoms with van der Waals surface area (Å²) in [5.41, 5.74) is -2.00. The third-order valence-electron chi connectivity index (χ3n) is 8.67. The van der Waals surface area contributed by atoms with Crippen molar-refractivity contribution >= 4 is 11.6 Å². The number of aliphatic hydroxyl groups is 4. The molecule has 0 aliphatic heterocycles. The van der Waals surface area contributed by atoms with Crippen LogP contribution in [0.2, 0.25) is 0 Å². The number of hydrogen-bond donors (Lipinski definition) is 4. The zero-order valence-corrected chi connectivity index (χ0v) is 15.9. The molecule has 4 aliphatic rings. The lowest BCUT2D eigenvalue weighted by atomic mass is 9.45. The molecular formula is C21H30O6. The van der Waals surface area contributed by atoms with Crippen LogP contribution in [-0.4, -0.2) is 56.9 Å². The molecule has 7 atom stereocenters. The summed E-state index contributed by atoms with van der Waals surface area (Å²) in [4.78, 5) is 24.3. The predicted octanol–water partition coefficient (Wildman–Crippen LogP) is 0.754. The van der Waals surface area contributed by atoms with Gasteiger partial charge in [0.15, 0.2) is 11.6 Å². The zero-order chi connectivity index (χ0) is 19.6. The van der Waals surface area contributed by atoms with Crippen LogP contribution >= 0.6 is 0 Å². The van der Waals surface area contributed by atoms with Gasteiger partial charge in [0.1, 0.15) is 12.2 Å². The summed E-state index contributed by atoms with van der Waals surface area (Å²) in [7, 11) is 0. The van der Waals surface area contributed by atoms with E-state index in [1.165, 1.54) is 0 Å².